The molecule has 80 heavy (non-hydrogen) atoms. The lowest BCUT2D eigenvalue weighted by atomic mass is 9.90. The number of rotatable bonds is 28. The molecule has 8 N–H and O–H groups in total. The molecule has 26 nitrogen and oxygen atoms in total. The highest BCUT2D eigenvalue weighted by molar-refractivity contribution is 6.40. The number of ketones is 2. The van der Waals surface area contributed by atoms with E-state index in [-0.39, 0.29) is 81.6 Å². The zero-order valence-corrected chi connectivity index (χ0v) is 46.8. The number of carboxylic acids is 4. The fraction of sp³-hybridized carbons (Fsp3) is 0.480. The fourth-order valence-electron chi connectivity index (χ4n) is 7.38. The molecule has 0 fully saturated rings. The highest BCUT2D eigenvalue weighted by Crippen LogP contribution is 2.30. The first-order valence-electron chi connectivity index (χ1n) is 24.1. The van der Waals surface area contributed by atoms with Crippen molar-refractivity contribution in [2.75, 3.05) is 13.2 Å². The van der Waals surface area contributed by atoms with Gasteiger partial charge in [-0.05, 0) is 49.9 Å². The van der Waals surface area contributed by atoms with Crippen molar-refractivity contribution in [3.8, 4) is 0 Å². The maximum absolute atomic E-state index is 13.1. The van der Waals surface area contributed by atoms with Gasteiger partial charge in [-0.15, -0.1) is 0 Å². The van der Waals surface area contributed by atoms with Crippen molar-refractivity contribution in [3.05, 3.63) is 67.6 Å². The zero-order chi connectivity index (χ0) is 60.4. The Hall–Kier alpha value is -7.42. The minimum Gasteiger partial charge on any atom is -0.481 e. The first-order valence-corrected chi connectivity index (χ1v) is 25.7. The van der Waals surface area contributed by atoms with E-state index in [1.54, 1.807) is 27.7 Å². The standard InChI is InChI=1S/2C25H29Cl2N3O10/c2*1-12(2)22(29-18(32)7-8-19(33)34)16-10-25(3,40-30-16)24(38)28-15(9-20(35)36)17(31)11-39-23(37)21-13(26)5-4-6-14(21)27/h2*4-6,12,15,22H,7-11H2,1-3H3,(H,28,38)(H,29,32)(H,33,34)(H,35,36)/t2*15-,22-,25?/m00/s1. The quantitative estimate of drug-likeness (QED) is 0.0546. The Bertz CT molecular complexity index is 2580. The average Bonchev–Trinajstić information content (AvgIpc) is 3.97. The zero-order valence-electron chi connectivity index (χ0n) is 43.7. The van der Waals surface area contributed by atoms with Gasteiger partial charge in [0.1, 0.15) is 12.1 Å². The number of hydrogen-bond acceptors (Lipinski definition) is 18. The summed E-state index contributed by atoms with van der Waals surface area (Å²) in [7, 11) is 0. The number of carbonyl (C=O) groups is 12. The molecule has 0 spiro atoms. The molecule has 2 aromatic rings. The Labute approximate surface area is 476 Å². The number of nitrogens with one attached hydrogen (secondary N) is 4. The van der Waals surface area contributed by atoms with Crippen LogP contribution in [0.4, 0.5) is 0 Å². The molecule has 0 radical (unpaired) electrons. The lowest BCUT2D eigenvalue weighted by Crippen LogP contribution is -2.53. The van der Waals surface area contributed by atoms with Crippen LogP contribution >= 0.6 is 46.4 Å². The van der Waals surface area contributed by atoms with Gasteiger partial charge < -0.3 is 60.8 Å². The lowest BCUT2D eigenvalue weighted by molar-refractivity contribution is -0.147. The maximum Gasteiger partial charge on any atom is 0.341 e. The molecule has 0 aromatic heterocycles. The van der Waals surface area contributed by atoms with Crippen LogP contribution in [-0.4, -0.2) is 151 Å². The van der Waals surface area contributed by atoms with Gasteiger partial charge in [-0.3, -0.25) is 47.9 Å². The third-order valence-electron chi connectivity index (χ3n) is 11.7. The summed E-state index contributed by atoms with van der Waals surface area (Å²) in [6, 6.07) is 4.05. The van der Waals surface area contributed by atoms with Crippen molar-refractivity contribution in [3.63, 3.8) is 0 Å². The molecule has 6 atom stereocenters. The number of benzene rings is 2. The summed E-state index contributed by atoms with van der Waals surface area (Å²) >= 11 is 23.8. The summed E-state index contributed by atoms with van der Waals surface area (Å²) in [5.74, 6) is -12.1. The highest BCUT2D eigenvalue weighted by atomic mass is 35.5. The number of hydrogen-bond donors (Lipinski definition) is 8. The summed E-state index contributed by atoms with van der Waals surface area (Å²) in [4.78, 5) is 156. The van der Waals surface area contributed by atoms with E-state index in [0.717, 1.165) is 0 Å². The summed E-state index contributed by atoms with van der Waals surface area (Å²) < 4.78 is 9.92. The number of Topliss-reactive ketones (excluding diaryl/α,β-unsaturated/α-hetero) is 2. The van der Waals surface area contributed by atoms with E-state index in [9.17, 15) is 67.7 Å². The maximum atomic E-state index is 13.1. The molecule has 0 aliphatic carbocycles. The van der Waals surface area contributed by atoms with Crippen LogP contribution in [0.1, 0.15) is 114 Å². The molecule has 2 unspecified atom stereocenters. The van der Waals surface area contributed by atoms with Crippen LogP contribution in [0.3, 0.4) is 0 Å². The minimum absolute atomic E-state index is 0.0137. The van der Waals surface area contributed by atoms with Crippen LogP contribution in [0.2, 0.25) is 20.1 Å². The van der Waals surface area contributed by atoms with E-state index < -0.39 is 132 Å². The van der Waals surface area contributed by atoms with Crippen LogP contribution in [0.5, 0.6) is 0 Å². The largest absolute Gasteiger partial charge is 0.481 e. The average molecular weight is 1200 g/mol. The molecule has 0 saturated heterocycles. The number of esters is 2. The molecule has 2 aliphatic rings. The van der Waals surface area contributed by atoms with Crippen molar-refractivity contribution in [2.24, 2.45) is 22.1 Å². The van der Waals surface area contributed by atoms with Crippen molar-refractivity contribution in [2.45, 2.75) is 128 Å². The number of amides is 4. The third-order valence-corrected chi connectivity index (χ3v) is 13.0. The first-order chi connectivity index (χ1) is 37.3. The Balaban J connectivity index is 0.000000420. The Morgan fingerprint density at radius 3 is 1.11 bits per heavy atom. The van der Waals surface area contributed by atoms with E-state index in [1.165, 1.54) is 50.2 Å². The normalized spacial score (nSPS) is 17.7. The number of oxime groups is 2. The fourth-order valence-corrected chi connectivity index (χ4v) is 8.49. The van der Waals surface area contributed by atoms with Gasteiger partial charge in [-0.25, -0.2) is 9.59 Å². The van der Waals surface area contributed by atoms with Crippen molar-refractivity contribution in [1.82, 2.24) is 21.3 Å². The van der Waals surface area contributed by atoms with Gasteiger partial charge in [-0.1, -0.05) is 96.5 Å². The highest BCUT2D eigenvalue weighted by Gasteiger charge is 2.47. The van der Waals surface area contributed by atoms with Crippen LogP contribution in [-0.2, 0) is 67.1 Å². The number of nitrogens with zero attached hydrogens (tertiary/aromatic N) is 2. The van der Waals surface area contributed by atoms with Crippen LogP contribution < -0.4 is 21.3 Å². The molecular weight excluding hydrogens is 1150 g/mol. The Kier molecular flexibility index (Phi) is 25.3. The summed E-state index contributed by atoms with van der Waals surface area (Å²) in [5, 5.41) is 53.9. The van der Waals surface area contributed by atoms with E-state index in [1.807, 2.05) is 0 Å². The van der Waals surface area contributed by atoms with Gasteiger partial charge in [0.2, 0.25) is 23.0 Å². The molecular formula is C50H58Cl4N6O20. The first kappa shape index (κ1) is 66.9. The second-order valence-electron chi connectivity index (χ2n) is 19.1. The van der Waals surface area contributed by atoms with Gasteiger partial charge in [-0.2, -0.15) is 0 Å². The van der Waals surface area contributed by atoms with Crippen molar-refractivity contribution in [1.29, 1.82) is 0 Å². The van der Waals surface area contributed by atoms with Gasteiger partial charge in [0.15, 0.2) is 24.8 Å². The summed E-state index contributed by atoms with van der Waals surface area (Å²) in [6.45, 7) is 8.08. The van der Waals surface area contributed by atoms with Gasteiger partial charge in [0.25, 0.3) is 11.8 Å². The number of aliphatic carboxylic acids is 4. The second-order valence-corrected chi connectivity index (χ2v) is 20.7. The minimum atomic E-state index is -1.66. The smallest absolute Gasteiger partial charge is 0.341 e. The lowest BCUT2D eigenvalue weighted by Gasteiger charge is -2.25. The van der Waals surface area contributed by atoms with E-state index in [4.69, 9.17) is 75.8 Å². The van der Waals surface area contributed by atoms with Crippen LogP contribution in [0.15, 0.2) is 46.7 Å². The molecule has 4 rings (SSSR count). The van der Waals surface area contributed by atoms with E-state index in [2.05, 4.69) is 31.6 Å². The second kappa shape index (κ2) is 30.2. The van der Waals surface area contributed by atoms with Crippen LogP contribution in [0, 0.1) is 11.8 Å². The number of ether oxygens (including phenoxy) is 2. The van der Waals surface area contributed by atoms with Crippen molar-refractivity contribution >= 4 is 129 Å². The molecule has 2 aromatic carbocycles. The number of halogens is 4. The topological polar surface area (TPSA) is 396 Å². The van der Waals surface area contributed by atoms with Crippen molar-refractivity contribution < 1.29 is 97.1 Å². The monoisotopic (exact) mass is 1200 g/mol. The summed E-state index contributed by atoms with van der Waals surface area (Å²) in [5.41, 5.74) is -3.08. The number of carbonyl (C=O) groups excluding carboxylic acids is 8. The SMILES string of the molecule is CC(C)[C@H](NC(=O)CCC(=O)O)C1=NOC(C)(C(=O)N[C@@H](CC(=O)O)C(=O)COC(=O)c2c(Cl)cccc2Cl)C1.CC(C)[C@H](NC(=O)CCC(=O)O)C1=NOC(C)(C(=O)N[C@@H](CC(=O)O)C(=O)COC(=O)c2c(Cl)cccc2Cl)C1. The van der Waals surface area contributed by atoms with E-state index in [0.29, 0.717) is 11.4 Å². The summed E-state index contributed by atoms with van der Waals surface area (Å²) in [6.07, 6.45) is -3.09. The van der Waals surface area contributed by atoms with E-state index >= 15 is 0 Å². The molecule has 436 valence electrons. The molecule has 30 heteroatoms. The predicted octanol–water partition coefficient (Wildman–Crippen LogP) is 4.44. The predicted molar refractivity (Wildman–Crippen MR) is 282 cm³/mol. The molecule has 4 amide bonds. The number of carboxylic acid groups (broad SMARTS) is 4. The molecule has 0 bridgehead atoms. The molecule has 0 saturated carbocycles. The molecule has 2 aliphatic heterocycles. The van der Waals surface area contributed by atoms with Gasteiger partial charge in [0, 0.05) is 25.7 Å². The Morgan fingerprint density at radius 1 is 0.525 bits per heavy atom. The van der Waals surface area contributed by atoms with Gasteiger partial charge >= 0.3 is 35.8 Å². The third kappa shape index (κ3) is 20.0. The molecule has 2 heterocycles. The van der Waals surface area contributed by atoms with Crippen LogP contribution in [0.25, 0.3) is 0 Å². The Morgan fingerprint density at radius 2 is 0.838 bits per heavy atom. The van der Waals surface area contributed by atoms with Gasteiger partial charge in [0.05, 0.1) is 80.4 Å².